The van der Waals surface area contributed by atoms with Gasteiger partial charge in [0.05, 0.1) is 12.1 Å². The van der Waals surface area contributed by atoms with Crippen LogP contribution < -0.4 is 10.6 Å². The van der Waals surface area contributed by atoms with Crippen molar-refractivity contribution < 1.29 is 22.5 Å². The van der Waals surface area contributed by atoms with Crippen LogP contribution in [0.2, 0.25) is 0 Å². The van der Waals surface area contributed by atoms with Crippen molar-refractivity contribution in [3.05, 3.63) is 65.0 Å². The lowest BCUT2D eigenvalue weighted by Gasteiger charge is -2.11. The van der Waals surface area contributed by atoms with E-state index in [1.54, 1.807) is 32.2 Å². The Bertz CT molecular complexity index is 999. The van der Waals surface area contributed by atoms with Crippen LogP contribution >= 0.6 is 0 Å². The number of nitrogens with zero attached hydrogens (tertiary/aromatic N) is 2. The summed E-state index contributed by atoms with van der Waals surface area (Å²) in [4.78, 5) is 16.0. The topological polar surface area (TPSA) is 80.0 Å². The number of hydrogen-bond donors (Lipinski definition) is 2. The van der Waals surface area contributed by atoms with Crippen LogP contribution in [0.5, 0.6) is 0 Å². The van der Waals surface area contributed by atoms with Gasteiger partial charge in [0.1, 0.15) is 0 Å². The van der Waals surface area contributed by atoms with E-state index in [-0.39, 0.29) is 29.7 Å². The van der Waals surface area contributed by atoms with E-state index in [0.717, 1.165) is 17.7 Å². The van der Waals surface area contributed by atoms with Gasteiger partial charge in [0.15, 0.2) is 0 Å². The molecule has 3 aromatic rings. The summed E-state index contributed by atoms with van der Waals surface area (Å²) in [5, 5.41) is 9.41. The second kappa shape index (κ2) is 7.71. The van der Waals surface area contributed by atoms with Crippen LogP contribution in [0.15, 0.2) is 47.0 Å². The van der Waals surface area contributed by atoms with E-state index in [1.807, 2.05) is 0 Å². The highest BCUT2D eigenvalue weighted by atomic mass is 19.4. The predicted molar refractivity (Wildman–Crippen MR) is 96.6 cm³/mol. The van der Waals surface area contributed by atoms with Gasteiger partial charge in [-0.15, -0.1) is 0 Å². The molecule has 0 saturated heterocycles. The SMILES string of the molecule is CNC(=O)c1cccc(NCc2nc(-c3cccc(C(F)(F)F)c3)no2)c1C. The highest BCUT2D eigenvalue weighted by molar-refractivity contribution is 5.96. The van der Waals surface area contributed by atoms with E-state index >= 15 is 0 Å². The fourth-order valence-electron chi connectivity index (χ4n) is 2.66. The molecule has 1 heterocycles. The lowest BCUT2D eigenvalue weighted by molar-refractivity contribution is -0.137. The first-order valence-electron chi connectivity index (χ1n) is 8.35. The predicted octanol–water partition coefficient (Wildman–Crippen LogP) is 4.04. The van der Waals surface area contributed by atoms with Crippen molar-refractivity contribution in [1.82, 2.24) is 15.5 Å². The number of carbonyl (C=O) groups excluding carboxylic acids is 1. The summed E-state index contributed by atoms with van der Waals surface area (Å²) in [6, 6.07) is 9.97. The van der Waals surface area contributed by atoms with E-state index in [2.05, 4.69) is 20.8 Å². The van der Waals surface area contributed by atoms with Crippen LogP contribution in [0.1, 0.15) is 27.4 Å². The van der Waals surface area contributed by atoms with Crippen LogP contribution in [-0.2, 0) is 12.7 Å². The quantitative estimate of drug-likeness (QED) is 0.687. The number of alkyl halides is 3. The molecule has 2 N–H and O–H groups in total. The molecule has 0 aliphatic rings. The molecule has 0 bridgehead atoms. The minimum absolute atomic E-state index is 0.0683. The normalized spacial score (nSPS) is 11.3. The van der Waals surface area contributed by atoms with Gasteiger partial charge in [-0.2, -0.15) is 18.2 Å². The van der Waals surface area contributed by atoms with Crippen molar-refractivity contribution in [2.75, 3.05) is 12.4 Å². The summed E-state index contributed by atoms with van der Waals surface area (Å²) < 4.78 is 43.7. The maximum atomic E-state index is 12.8. The second-order valence-electron chi connectivity index (χ2n) is 6.00. The minimum atomic E-state index is -4.45. The standard InChI is InChI=1S/C19H17F3N4O2/c1-11-14(18(27)23-2)7-4-8-15(11)24-10-16-25-17(26-28-16)12-5-3-6-13(9-12)19(20,21)22/h3-9,24H,10H2,1-2H3,(H,23,27). The first-order valence-corrected chi connectivity index (χ1v) is 8.35. The Morgan fingerprint density at radius 3 is 2.64 bits per heavy atom. The van der Waals surface area contributed by atoms with Gasteiger partial charge in [-0.3, -0.25) is 4.79 Å². The Balaban J connectivity index is 1.75. The van der Waals surface area contributed by atoms with E-state index < -0.39 is 11.7 Å². The summed E-state index contributed by atoms with van der Waals surface area (Å²) in [7, 11) is 1.55. The molecule has 28 heavy (non-hydrogen) atoms. The lowest BCUT2D eigenvalue weighted by Crippen LogP contribution is -2.19. The molecule has 2 aromatic carbocycles. The van der Waals surface area contributed by atoms with Crippen LogP contribution in [-0.4, -0.2) is 23.1 Å². The van der Waals surface area contributed by atoms with Gasteiger partial charge in [0.25, 0.3) is 5.91 Å². The third-order valence-corrected chi connectivity index (χ3v) is 4.15. The number of carbonyl (C=O) groups is 1. The zero-order valence-corrected chi connectivity index (χ0v) is 15.1. The third-order valence-electron chi connectivity index (χ3n) is 4.15. The van der Waals surface area contributed by atoms with Crippen molar-refractivity contribution in [3.8, 4) is 11.4 Å². The van der Waals surface area contributed by atoms with Gasteiger partial charge in [0.2, 0.25) is 11.7 Å². The maximum absolute atomic E-state index is 12.8. The molecular formula is C19H17F3N4O2. The summed E-state index contributed by atoms with van der Waals surface area (Å²) >= 11 is 0. The third kappa shape index (κ3) is 4.13. The molecule has 0 unspecified atom stereocenters. The molecule has 3 rings (SSSR count). The van der Waals surface area contributed by atoms with E-state index in [1.165, 1.54) is 12.1 Å². The highest BCUT2D eigenvalue weighted by Crippen LogP contribution is 2.31. The smallest absolute Gasteiger partial charge is 0.376 e. The van der Waals surface area contributed by atoms with Crippen LogP contribution in [0.4, 0.5) is 18.9 Å². The number of halogens is 3. The fourth-order valence-corrected chi connectivity index (χ4v) is 2.66. The number of aromatic nitrogens is 2. The molecule has 9 heteroatoms. The van der Waals surface area contributed by atoms with Crippen molar-refractivity contribution in [2.45, 2.75) is 19.6 Å². The van der Waals surface area contributed by atoms with Crippen LogP contribution in [0.3, 0.4) is 0 Å². The summed E-state index contributed by atoms with van der Waals surface area (Å²) in [5.41, 5.74) is 1.42. The van der Waals surface area contributed by atoms with Crippen molar-refractivity contribution in [2.24, 2.45) is 0 Å². The molecule has 6 nitrogen and oxygen atoms in total. The lowest BCUT2D eigenvalue weighted by atomic mass is 10.1. The molecule has 0 radical (unpaired) electrons. The first-order chi connectivity index (χ1) is 13.3. The maximum Gasteiger partial charge on any atom is 0.416 e. The molecule has 0 aliphatic carbocycles. The Morgan fingerprint density at radius 1 is 1.18 bits per heavy atom. The summed E-state index contributed by atoms with van der Waals surface area (Å²) in [6.45, 7) is 1.96. The Morgan fingerprint density at radius 2 is 1.93 bits per heavy atom. The first kappa shape index (κ1) is 19.4. The second-order valence-corrected chi connectivity index (χ2v) is 6.00. The van der Waals surface area contributed by atoms with Crippen molar-refractivity contribution in [3.63, 3.8) is 0 Å². The Kier molecular flexibility index (Phi) is 5.34. The number of amides is 1. The fraction of sp³-hybridized carbons (Fsp3) is 0.211. The molecule has 0 spiro atoms. The van der Waals surface area contributed by atoms with Gasteiger partial charge >= 0.3 is 6.18 Å². The van der Waals surface area contributed by atoms with Crippen LogP contribution in [0, 0.1) is 6.92 Å². The number of hydrogen-bond acceptors (Lipinski definition) is 5. The van der Waals surface area contributed by atoms with Gasteiger partial charge in [0, 0.05) is 23.9 Å². The zero-order chi connectivity index (χ0) is 20.3. The zero-order valence-electron chi connectivity index (χ0n) is 15.1. The van der Waals surface area contributed by atoms with Gasteiger partial charge < -0.3 is 15.2 Å². The molecule has 0 saturated carbocycles. The minimum Gasteiger partial charge on any atom is -0.376 e. The number of benzene rings is 2. The number of anilines is 1. The highest BCUT2D eigenvalue weighted by Gasteiger charge is 2.30. The van der Waals surface area contributed by atoms with E-state index in [0.29, 0.717) is 11.3 Å². The summed E-state index contributed by atoms with van der Waals surface area (Å²) in [5.74, 6) is 0.0710. The van der Waals surface area contributed by atoms with Gasteiger partial charge in [-0.1, -0.05) is 23.4 Å². The molecule has 1 amide bonds. The van der Waals surface area contributed by atoms with Crippen molar-refractivity contribution in [1.29, 1.82) is 0 Å². The Hall–Kier alpha value is -3.36. The van der Waals surface area contributed by atoms with E-state index in [9.17, 15) is 18.0 Å². The Labute approximate surface area is 158 Å². The van der Waals surface area contributed by atoms with Gasteiger partial charge in [-0.05, 0) is 36.8 Å². The average Bonchev–Trinajstić information content (AvgIpc) is 3.15. The molecule has 0 fully saturated rings. The molecule has 1 aromatic heterocycles. The summed E-state index contributed by atoms with van der Waals surface area (Å²) in [6.07, 6.45) is -4.45. The van der Waals surface area contributed by atoms with E-state index in [4.69, 9.17) is 4.52 Å². The molecule has 146 valence electrons. The number of rotatable bonds is 5. The monoisotopic (exact) mass is 390 g/mol. The van der Waals surface area contributed by atoms with Crippen molar-refractivity contribution >= 4 is 11.6 Å². The number of nitrogens with one attached hydrogen (secondary N) is 2. The van der Waals surface area contributed by atoms with Crippen LogP contribution in [0.25, 0.3) is 11.4 Å². The molecule has 0 aliphatic heterocycles. The molecule has 0 atom stereocenters. The largest absolute Gasteiger partial charge is 0.416 e. The molecular weight excluding hydrogens is 373 g/mol. The van der Waals surface area contributed by atoms with Gasteiger partial charge in [-0.25, -0.2) is 0 Å². The average molecular weight is 390 g/mol.